The second-order valence-electron chi connectivity index (χ2n) is 6.48. The molecule has 2 aromatic carbocycles. The highest BCUT2D eigenvalue weighted by Crippen LogP contribution is 2.42. The molecule has 0 aromatic heterocycles. The van der Waals surface area contributed by atoms with Gasteiger partial charge in [0.1, 0.15) is 5.75 Å². The van der Waals surface area contributed by atoms with E-state index in [0.29, 0.717) is 6.04 Å². The summed E-state index contributed by atoms with van der Waals surface area (Å²) < 4.78 is 6.19. The molecule has 2 aliphatic heterocycles. The molecule has 2 aliphatic rings. The number of ether oxygens (including phenoxy) is 1. The molecule has 1 fully saturated rings. The van der Waals surface area contributed by atoms with Crippen molar-refractivity contribution in [3.63, 3.8) is 0 Å². The van der Waals surface area contributed by atoms with Crippen LogP contribution in [0, 0.1) is 0 Å². The second-order valence-corrected chi connectivity index (χ2v) is 6.92. The molecule has 0 saturated carbocycles. The summed E-state index contributed by atoms with van der Waals surface area (Å²) in [4.78, 5) is 4.89. The van der Waals surface area contributed by atoms with Crippen molar-refractivity contribution in [1.82, 2.24) is 4.90 Å². The topological polar surface area (TPSA) is 15.7 Å². The SMILES string of the molecule is CN1CCC(N2Cc3ccccc3Oc3ccc(Cl)cc32)CC1. The first kappa shape index (κ1) is 14.9. The normalized spacial score (nSPS) is 18.8. The van der Waals surface area contributed by atoms with Gasteiger partial charge in [0.05, 0.1) is 5.69 Å². The number of fused-ring (bicyclic) bond motifs is 2. The predicted molar refractivity (Wildman–Crippen MR) is 94.7 cm³/mol. The Hall–Kier alpha value is -1.71. The third kappa shape index (κ3) is 2.91. The lowest BCUT2D eigenvalue weighted by Crippen LogP contribution is -2.43. The summed E-state index contributed by atoms with van der Waals surface area (Å²) in [6.45, 7) is 3.15. The lowest BCUT2D eigenvalue weighted by atomic mass is 10.0. The zero-order valence-corrected chi connectivity index (χ0v) is 14.1. The van der Waals surface area contributed by atoms with Gasteiger partial charge in [0.2, 0.25) is 0 Å². The number of rotatable bonds is 1. The van der Waals surface area contributed by atoms with Crippen molar-refractivity contribution in [2.75, 3.05) is 25.0 Å². The van der Waals surface area contributed by atoms with E-state index in [-0.39, 0.29) is 0 Å². The molecule has 0 amide bonds. The van der Waals surface area contributed by atoms with Crippen LogP contribution < -0.4 is 9.64 Å². The highest BCUT2D eigenvalue weighted by Gasteiger charge is 2.28. The number of piperidine rings is 1. The summed E-state index contributed by atoms with van der Waals surface area (Å²) in [5, 5.41) is 0.760. The maximum Gasteiger partial charge on any atom is 0.150 e. The molecule has 0 unspecified atom stereocenters. The minimum absolute atomic E-state index is 0.526. The van der Waals surface area contributed by atoms with Crippen molar-refractivity contribution in [3.05, 3.63) is 53.1 Å². The van der Waals surface area contributed by atoms with Gasteiger partial charge in [-0.25, -0.2) is 0 Å². The van der Waals surface area contributed by atoms with Gasteiger partial charge >= 0.3 is 0 Å². The molecule has 4 heteroatoms. The van der Waals surface area contributed by atoms with Crippen molar-refractivity contribution in [2.24, 2.45) is 0 Å². The average Bonchev–Trinajstić information content (AvgIpc) is 2.72. The summed E-state index contributed by atoms with van der Waals surface area (Å²) in [7, 11) is 2.20. The fourth-order valence-electron chi connectivity index (χ4n) is 3.55. The van der Waals surface area contributed by atoms with E-state index in [9.17, 15) is 0 Å². The molecule has 23 heavy (non-hydrogen) atoms. The highest BCUT2D eigenvalue weighted by atomic mass is 35.5. The van der Waals surface area contributed by atoms with Gasteiger partial charge in [-0.15, -0.1) is 0 Å². The number of likely N-dealkylation sites (tertiary alicyclic amines) is 1. The Kier molecular flexibility index (Phi) is 3.92. The first-order valence-electron chi connectivity index (χ1n) is 8.21. The molecule has 0 atom stereocenters. The number of hydrogen-bond donors (Lipinski definition) is 0. The quantitative estimate of drug-likeness (QED) is 0.764. The molecule has 0 spiro atoms. The standard InChI is InChI=1S/C19H21ClN2O/c1-21-10-8-16(9-11-21)22-13-14-4-2-3-5-18(14)23-19-7-6-15(20)12-17(19)22/h2-7,12,16H,8-11,13H2,1H3. The number of nitrogens with zero attached hydrogens (tertiary/aromatic N) is 2. The summed E-state index contributed by atoms with van der Waals surface area (Å²) in [5.74, 6) is 1.85. The fourth-order valence-corrected chi connectivity index (χ4v) is 3.72. The average molecular weight is 329 g/mol. The van der Waals surface area contributed by atoms with Gasteiger partial charge < -0.3 is 14.5 Å². The first-order chi connectivity index (χ1) is 11.2. The lowest BCUT2D eigenvalue weighted by Gasteiger charge is -2.38. The minimum Gasteiger partial charge on any atom is -0.455 e. The molecule has 4 rings (SSSR count). The van der Waals surface area contributed by atoms with Crippen LogP contribution in [0.3, 0.4) is 0 Å². The molecule has 0 aliphatic carbocycles. The van der Waals surface area contributed by atoms with Crippen LogP contribution in [0.15, 0.2) is 42.5 Å². The van der Waals surface area contributed by atoms with Gasteiger partial charge in [-0.2, -0.15) is 0 Å². The number of halogens is 1. The maximum atomic E-state index is 6.28. The van der Waals surface area contributed by atoms with Crippen molar-refractivity contribution in [3.8, 4) is 11.5 Å². The third-order valence-corrected chi connectivity index (χ3v) is 5.13. The van der Waals surface area contributed by atoms with E-state index in [1.54, 1.807) is 0 Å². The smallest absolute Gasteiger partial charge is 0.150 e. The Labute approximate surface area is 142 Å². The number of anilines is 1. The summed E-state index contributed by atoms with van der Waals surface area (Å²) in [5.41, 5.74) is 2.35. The summed E-state index contributed by atoms with van der Waals surface area (Å²) in [6.07, 6.45) is 2.34. The van der Waals surface area contributed by atoms with Gasteiger partial charge in [0, 0.05) is 23.2 Å². The van der Waals surface area contributed by atoms with Crippen LogP contribution in [0.1, 0.15) is 18.4 Å². The maximum absolute atomic E-state index is 6.28. The van der Waals surface area contributed by atoms with E-state index in [4.69, 9.17) is 16.3 Å². The van der Waals surface area contributed by atoms with Crippen molar-refractivity contribution in [2.45, 2.75) is 25.4 Å². The lowest BCUT2D eigenvalue weighted by molar-refractivity contribution is 0.249. The Morgan fingerprint density at radius 1 is 1.04 bits per heavy atom. The van der Waals surface area contributed by atoms with Crippen LogP contribution in [-0.4, -0.2) is 31.1 Å². The van der Waals surface area contributed by atoms with Crippen molar-refractivity contribution >= 4 is 17.3 Å². The predicted octanol–water partition coefficient (Wildman–Crippen LogP) is 4.55. The molecule has 2 heterocycles. The van der Waals surface area contributed by atoms with Gasteiger partial charge in [-0.05, 0) is 57.2 Å². The first-order valence-corrected chi connectivity index (χ1v) is 8.59. The monoisotopic (exact) mass is 328 g/mol. The van der Waals surface area contributed by atoms with Gasteiger partial charge in [-0.3, -0.25) is 0 Å². The van der Waals surface area contributed by atoms with E-state index < -0.39 is 0 Å². The largest absolute Gasteiger partial charge is 0.455 e. The van der Waals surface area contributed by atoms with Crippen molar-refractivity contribution in [1.29, 1.82) is 0 Å². The Balaban J connectivity index is 1.76. The van der Waals surface area contributed by atoms with Gasteiger partial charge in [0.25, 0.3) is 0 Å². The summed E-state index contributed by atoms with van der Waals surface area (Å²) in [6, 6.07) is 14.8. The Bertz CT molecular complexity index is 710. The number of hydrogen-bond acceptors (Lipinski definition) is 3. The zero-order valence-electron chi connectivity index (χ0n) is 13.3. The van der Waals surface area contributed by atoms with Crippen LogP contribution in [0.25, 0.3) is 0 Å². The molecule has 0 radical (unpaired) electrons. The molecular formula is C19H21ClN2O. The van der Waals surface area contributed by atoms with Crippen LogP contribution in [0.5, 0.6) is 11.5 Å². The number of benzene rings is 2. The van der Waals surface area contributed by atoms with E-state index in [1.807, 2.05) is 30.3 Å². The molecule has 1 saturated heterocycles. The highest BCUT2D eigenvalue weighted by molar-refractivity contribution is 6.31. The van der Waals surface area contributed by atoms with Crippen LogP contribution in [0.4, 0.5) is 5.69 Å². The molecule has 0 bridgehead atoms. The Morgan fingerprint density at radius 2 is 1.83 bits per heavy atom. The van der Waals surface area contributed by atoms with E-state index >= 15 is 0 Å². The fraction of sp³-hybridized carbons (Fsp3) is 0.368. The second kappa shape index (κ2) is 6.06. The van der Waals surface area contributed by atoms with Gasteiger partial charge in [0.15, 0.2) is 5.75 Å². The van der Waals surface area contributed by atoms with Crippen molar-refractivity contribution < 1.29 is 4.74 Å². The van der Waals surface area contributed by atoms with Crippen LogP contribution >= 0.6 is 11.6 Å². The third-order valence-electron chi connectivity index (χ3n) is 4.89. The Morgan fingerprint density at radius 3 is 2.65 bits per heavy atom. The van der Waals surface area contributed by atoms with E-state index in [2.05, 4.69) is 29.0 Å². The zero-order chi connectivity index (χ0) is 15.8. The van der Waals surface area contributed by atoms with E-state index in [1.165, 1.54) is 18.4 Å². The van der Waals surface area contributed by atoms with Crippen LogP contribution in [0.2, 0.25) is 5.02 Å². The molecule has 3 nitrogen and oxygen atoms in total. The summed E-state index contributed by atoms with van der Waals surface area (Å²) >= 11 is 6.28. The minimum atomic E-state index is 0.526. The molecule has 2 aromatic rings. The van der Waals surface area contributed by atoms with E-state index in [0.717, 1.165) is 41.8 Å². The molecule has 0 N–H and O–H groups in total. The van der Waals surface area contributed by atoms with Gasteiger partial charge in [-0.1, -0.05) is 29.8 Å². The van der Waals surface area contributed by atoms with Crippen LogP contribution in [-0.2, 0) is 6.54 Å². The molecule has 120 valence electrons. The number of para-hydroxylation sites is 1. The molecular weight excluding hydrogens is 308 g/mol.